The third kappa shape index (κ3) is 3.65. The number of hydrogen-bond acceptors (Lipinski definition) is 5. The highest BCUT2D eigenvalue weighted by atomic mass is 35.5. The number of ether oxygens (including phenoxy) is 1. The van der Waals surface area contributed by atoms with E-state index in [0.717, 1.165) is 41.6 Å². The number of anilines is 1. The minimum Gasteiger partial charge on any atom is -0.495 e. The number of benzene rings is 1. The zero-order valence-corrected chi connectivity index (χ0v) is 18.2. The molecule has 0 radical (unpaired) electrons. The molecule has 2 aromatic heterocycles. The first-order chi connectivity index (χ1) is 13.9. The summed E-state index contributed by atoms with van der Waals surface area (Å²) in [5.74, 6) is 0.689. The van der Waals surface area contributed by atoms with Crippen molar-refractivity contribution < 1.29 is 9.53 Å². The van der Waals surface area contributed by atoms with Crippen molar-refractivity contribution >= 4 is 44.7 Å². The minimum absolute atomic E-state index is 0.108. The number of fused-ring (bicyclic) bond motifs is 3. The first kappa shape index (κ1) is 19.9. The lowest BCUT2D eigenvalue weighted by Crippen LogP contribution is -2.30. The second-order valence-corrected chi connectivity index (χ2v) is 8.78. The summed E-state index contributed by atoms with van der Waals surface area (Å²) in [6.07, 6.45) is 4.15. The Morgan fingerprint density at radius 3 is 2.83 bits per heavy atom. The van der Waals surface area contributed by atoms with Crippen LogP contribution in [0.4, 0.5) is 5.69 Å². The monoisotopic (exact) mass is 431 g/mol. The first-order valence-corrected chi connectivity index (χ1v) is 10.7. The van der Waals surface area contributed by atoms with Gasteiger partial charge in [0.15, 0.2) is 0 Å². The summed E-state index contributed by atoms with van der Waals surface area (Å²) in [5, 5.41) is 4.07. The predicted octanol–water partition coefficient (Wildman–Crippen LogP) is 4.25. The molecular weight excluding hydrogens is 410 g/mol. The van der Waals surface area contributed by atoms with Crippen molar-refractivity contribution in [2.45, 2.75) is 46.1 Å². The topological polar surface area (TPSA) is 73.2 Å². The van der Waals surface area contributed by atoms with Gasteiger partial charge in [-0.15, -0.1) is 11.3 Å². The molecule has 0 unspecified atom stereocenters. The fraction of sp³-hybridized carbons (Fsp3) is 0.381. The van der Waals surface area contributed by atoms with Crippen LogP contribution in [0.3, 0.4) is 0 Å². The molecule has 2 heterocycles. The molecule has 1 aliphatic carbocycles. The maximum Gasteiger partial charge on any atom is 0.263 e. The zero-order chi connectivity index (χ0) is 20.7. The van der Waals surface area contributed by atoms with Crippen LogP contribution in [0, 0.1) is 13.8 Å². The highest BCUT2D eigenvalue weighted by molar-refractivity contribution is 7.18. The molecule has 1 N–H and O–H groups in total. The third-order valence-electron chi connectivity index (χ3n) is 5.32. The molecule has 1 amide bonds. The van der Waals surface area contributed by atoms with Crippen LogP contribution in [-0.2, 0) is 24.2 Å². The smallest absolute Gasteiger partial charge is 0.263 e. The Morgan fingerprint density at radius 1 is 1.31 bits per heavy atom. The third-order valence-corrected chi connectivity index (χ3v) is 6.92. The van der Waals surface area contributed by atoms with Crippen LogP contribution >= 0.6 is 22.9 Å². The molecule has 6 nitrogen and oxygen atoms in total. The highest BCUT2D eigenvalue weighted by Gasteiger charge is 2.22. The summed E-state index contributed by atoms with van der Waals surface area (Å²) < 4.78 is 6.76. The quantitative estimate of drug-likeness (QED) is 0.670. The van der Waals surface area contributed by atoms with Crippen LogP contribution in [0.2, 0.25) is 5.02 Å². The molecule has 1 aliphatic rings. The summed E-state index contributed by atoms with van der Waals surface area (Å²) in [6.45, 7) is 3.51. The number of nitrogens with zero attached hydrogens (tertiary/aromatic N) is 2. The maximum absolute atomic E-state index is 13.2. The summed E-state index contributed by atoms with van der Waals surface area (Å²) >= 11 is 7.74. The Balaban J connectivity index is 1.67. The van der Waals surface area contributed by atoms with Gasteiger partial charge in [0.2, 0.25) is 5.91 Å². The van der Waals surface area contributed by atoms with Gasteiger partial charge in [0.05, 0.1) is 18.2 Å². The van der Waals surface area contributed by atoms with Crippen LogP contribution in [-0.4, -0.2) is 22.6 Å². The Bertz CT molecular complexity index is 1180. The highest BCUT2D eigenvalue weighted by Crippen LogP contribution is 2.34. The maximum atomic E-state index is 13.2. The summed E-state index contributed by atoms with van der Waals surface area (Å²) in [4.78, 5) is 32.6. The number of rotatable bonds is 4. The van der Waals surface area contributed by atoms with Crippen LogP contribution in [0.5, 0.6) is 5.75 Å². The Morgan fingerprint density at radius 2 is 2.07 bits per heavy atom. The molecule has 0 bridgehead atoms. The zero-order valence-electron chi connectivity index (χ0n) is 16.6. The number of hydrogen-bond donors (Lipinski definition) is 1. The van der Waals surface area contributed by atoms with Crippen molar-refractivity contribution in [3.05, 3.63) is 49.3 Å². The second kappa shape index (κ2) is 7.80. The van der Waals surface area contributed by atoms with Gasteiger partial charge in [-0.1, -0.05) is 11.6 Å². The van der Waals surface area contributed by atoms with Crippen molar-refractivity contribution in [2.75, 3.05) is 12.4 Å². The van der Waals surface area contributed by atoms with Crippen molar-refractivity contribution in [2.24, 2.45) is 0 Å². The molecule has 0 fully saturated rings. The van der Waals surface area contributed by atoms with Gasteiger partial charge in [-0.05, 0) is 56.7 Å². The average molecular weight is 432 g/mol. The van der Waals surface area contributed by atoms with E-state index in [1.807, 2.05) is 6.92 Å². The van der Waals surface area contributed by atoms with E-state index in [1.54, 1.807) is 30.4 Å². The lowest BCUT2D eigenvalue weighted by molar-refractivity contribution is -0.116. The number of carbonyl (C=O) groups excluding carboxylic acids is 1. The molecule has 29 heavy (non-hydrogen) atoms. The molecule has 1 aromatic carbocycles. The van der Waals surface area contributed by atoms with Gasteiger partial charge in [0, 0.05) is 16.0 Å². The van der Waals surface area contributed by atoms with Gasteiger partial charge in [0.1, 0.15) is 22.9 Å². The van der Waals surface area contributed by atoms with Crippen LogP contribution < -0.4 is 15.6 Å². The fourth-order valence-electron chi connectivity index (χ4n) is 3.79. The van der Waals surface area contributed by atoms with E-state index in [0.29, 0.717) is 27.7 Å². The van der Waals surface area contributed by atoms with E-state index in [4.69, 9.17) is 16.3 Å². The molecule has 4 rings (SSSR count). The number of amides is 1. The first-order valence-electron chi connectivity index (χ1n) is 9.54. The van der Waals surface area contributed by atoms with E-state index < -0.39 is 0 Å². The Hall–Kier alpha value is -2.38. The number of halogens is 1. The van der Waals surface area contributed by atoms with E-state index in [9.17, 15) is 9.59 Å². The number of methoxy groups -OCH3 is 1. The van der Waals surface area contributed by atoms with Gasteiger partial charge < -0.3 is 10.1 Å². The summed E-state index contributed by atoms with van der Waals surface area (Å²) in [6, 6.07) is 3.42. The Kier molecular flexibility index (Phi) is 5.36. The predicted molar refractivity (Wildman–Crippen MR) is 117 cm³/mol. The largest absolute Gasteiger partial charge is 0.495 e. The van der Waals surface area contributed by atoms with Crippen molar-refractivity contribution in [3.63, 3.8) is 0 Å². The fourth-order valence-corrected chi connectivity index (χ4v) is 5.24. The summed E-state index contributed by atoms with van der Waals surface area (Å²) in [5.41, 5.74) is 2.33. The van der Waals surface area contributed by atoms with Crippen molar-refractivity contribution in [1.29, 1.82) is 0 Å². The molecule has 3 aromatic rings. The van der Waals surface area contributed by atoms with Gasteiger partial charge in [-0.3, -0.25) is 14.2 Å². The lowest BCUT2D eigenvalue weighted by Gasteiger charge is -2.14. The molecule has 0 saturated heterocycles. The van der Waals surface area contributed by atoms with E-state index in [-0.39, 0.29) is 18.0 Å². The molecular formula is C21H22ClN3O3S. The molecule has 0 saturated carbocycles. The second-order valence-electron chi connectivity index (χ2n) is 7.29. The van der Waals surface area contributed by atoms with Gasteiger partial charge >= 0.3 is 0 Å². The Labute approximate surface area is 177 Å². The van der Waals surface area contributed by atoms with Crippen LogP contribution in [0.1, 0.15) is 34.7 Å². The minimum atomic E-state index is -0.319. The van der Waals surface area contributed by atoms with E-state index in [1.165, 1.54) is 16.6 Å². The van der Waals surface area contributed by atoms with Gasteiger partial charge in [-0.2, -0.15) is 0 Å². The average Bonchev–Trinajstić information content (AvgIpc) is 3.05. The van der Waals surface area contributed by atoms with E-state index >= 15 is 0 Å². The van der Waals surface area contributed by atoms with Gasteiger partial charge in [-0.25, -0.2) is 4.98 Å². The molecule has 0 spiro atoms. The van der Waals surface area contributed by atoms with E-state index in [2.05, 4.69) is 10.3 Å². The number of carbonyl (C=O) groups is 1. The van der Waals surface area contributed by atoms with Gasteiger partial charge in [0.25, 0.3) is 5.56 Å². The number of aromatic nitrogens is 2. The standard InChI is InChI=1S/C21H22ClN3O3S/c1-11-8-15(16(28-3)9-14(11)22)24-18(26)10-25-12(2)23-20-19(21(25)27)13-6-4-5-7-17(13)29-20/h8-9H,4-7,10H2,1-3H3,(H,24,26). The normalized spacial score (nSPS) is 13.4. The summed E-state index contributed by atoms with van der Waals surface area (Å²) in [7, 11) is 1.52. The van der Waals surface area contributed by atoms with Crippen molar-refractivity contribution in [3.8, 4) is 5.75 Å². The number of nitrogens with one attached hydrogen (secondary N) is 1. The SMILES string of the molecule is COc1cc(Cl)c(C)cc1NC(=O)Cn1c(C)nc2sc3c(c2c1=O)CCCC3. The van der Waals surface area contributed by atoms with Crippen molar-refractivity contribution in [1.82, 2.24) is 9.55 Å². The molecule has 0 atom stereocenters. The van der Waals surface area contributed by atoms with Crippen LogP contribution in [0.25, 0.3) is 10.2 Å². The van der Waals surface area contributed by atoms with Crippen LogP contribution in [0.15, 0.2) is 16.9 Å². The molecule has 0 aliphatic heterocycles. The molecule has 152 valence electrons. The number of thiophene rings is 1. The molecule has 8 heteroatoms. The lowest BCUT2D eigenvalue weighted by atomic mass is 9.97. The number of aryl methyl sites for hydroxylation is 4.